The SMILES string of the molecule is CCCCCC(CO)CCC(O)c1ccccc1.Cc1ccc(S(=O)(=O)O)cc1. The zero-order valence-corrected chi connectivity index (χ0v) is 18.2. The van der Waals surface area contributed by atoms with Crippen molar-refractivity contribution in [3.8, 4) is 0 Å². The average Bonchev–Trinajstić information content (AvgIpc) is 2.71. The van der Waals surface area contributed by atoms with Crippen LogP contribution in [-0.4, -0.2) is 29.8 Å². The van der Waals surface area contributed by atoms with Gasteiger partial charge in [-0.15, -0.1) is 0 Å². The Morgan fingerprint density at radius 1 is 0.897 bits per heavy atom. The third-order valence-electron chi connectivity index (χ3n) is 4.83. The van der Waals surface area contributed by atoms with Crippen LogP contribution in [0.5, 0.6) is 0 Å². The number of hydrogen-bond donors (Lipinski definition) is 3. The Labute approximate surface area is 175 Å². The Morgan fingerprint density at radius 3 is 2.03 bits per heavy atom. The quantitative estimate of drug-likeness (QED) is 0.373. The number of aryl methyl sites for hydroxylation is 1. The van der Waals surface area contributed by atoms with E-state index in [1.54, 1.807) is 12.1 Å². The predicted octanol–water partition coefficient (Wildman–Crippen LogP) is 4.93. The van der Waals surface area contributed by atoms with Crippen molar-refractivity contribution in [2.24, 2.45) is 5.92 Å². The van der Waals surface area contributed by atoms with E-state index in [4.69, 9.17) is 4.55 Å². The molecule has 0 aliphatic heterocycles. The molecule has 162 valence electrons. The van der Waals surface area contributed by atoms with Crippen LogP contribution in [0.25, 0.3) is 0 Å². The van der Waals surface area contributed by atoms with E-state index in [9.17, 15) is 18.6 Å². The molecule has 3 N–H and O–H groups in total. The molecule has 0 bridgehead atoms. The van der Waals surface area contributed by atoms with E-state index in [0.717, 1.165) is 30.4 Å². The normalized spacial score (nSPS) is 13.3. The van der Waals surface area contributed by atoms with Gasteiger partial charge in [-0.25, -0.2) is 0 Å². The van der Waals surface area contributed by atoms with Gasteiger partial charge in [0, 0.05) is 6.61 Å². The summed E-state index contributed by atoms with van der Waals surface area (Å²) in [6.45, 7) is 4.27. The summed E-state index contributed by atoms with van der Waals surface area (Å²) in [7, 11) is -4.02. The maximum Gasteiger partial charge on any atom is 0.294 e. The molecule has 6 heteroatoms. The molecular weight excluding hydrogens is 388 g/mol. The fraction of sp³-hybridized carbons (Fsp3) is 0.478. The number of benzene rings is 2. The fourth-order valence-corrected chi connectivity index (χ4v) is 3.44. The van der Waals surface area contributed by atoms with Crippen molar-refractivity contribution >= 4 is 10.1 Å². The standard InChI is InChI=1S/C16H26O2.C7H8O3S/c1-2-3-5-8-14(13-17)11-12-16(18)15-9-6-4-7-10-15;1-6-2-4-7(5-3-6)11(8,9)10/h4,6-7,9-10,14,16-18H,2-3,5,8,11-13H2,1H3;2-5H,1H3,(H,8,9,10). The Bertz CT molecular complexity index is 773. The molecule has 29 heavy (non-hydrogen) atoms. The lowest BCUT2D eigenvalue weighted by atomic mass is 9.94. The highest BCUT2D eigenvalue weighted by Crippen LogP contribution is 2.23. The molecule has 0 aromatic heterocycles. The van der Waals surface area contributed by atoms with Crippen LogP contribution >= 0.6 is 0 Å². The van der Waals surface area contributed by atoms with Gasteiger partial charge in [-0.1, -0.05) is 74.2 Å². The summed E-state index contributed by atoms with van der Waals surface area (Å²) in [6, 6.07) is 15.7. The van der Waals surface area contributed by atoms with Gasteiger partial charge in [0.1, 0.15) is 0 Å². The fourth-order valence-electron chi connectivity index (χ4n) is 2.96. The van der Waals surface area contributed by atoms with Crippen molar-refractivity contribution in [2.45, 2.75) is 63.4 Å². The Balaban J connectivity index is 0.000000326. The molecule has 0 heterocycles. The van der Waals surface area contributed by atoms with Crippen LogP contribution in [0, 0.1) is 12.8 Å². The van der Waals surface area contributed by atoms with Crippen molar-refractivity contribution in [2.75, 3.05) is 6.61 Å². The molecule has 2 rings (SSSR count). The summed E-state index contributed by atoms with van der Waals surface area (Å²) >= 11 is 0. The Morgan fingerprint density at radius 2 is 1.52 bits per heavy atom. The minimum absolute atomic E-state index is 0.0666. The molecule has 0 saturated heterocycles. The Kier molecular flexibility index (Phi) is 11.8. The average molecular weight is 423 g/mol. The van der Waals surface area contributed by atoms with Crippen LogP contribution in [0.1, 0.15) is 62.7 Å². The van der Waals surface area contributed by atoms with Gasteiger partial charge < -0.3 is 10.2 Å². The van der Waals surface area contributed by atoms with Crippen LogP contribution < -0.4 is 0 Å². The predicted molar refractivity (Wildman–Crippen MR) is 116 cm³/mol. The lowest BCUT2D eigenvalue weighted by Gasteiger charge is -2.16. The number of unbranched alkanes of at least 4 members (excludes halogenated alkanes) is 2. The smallest absolute Gasteiger partial charge is 0.294 e. The van der Waals surface area contributed by atoms with Gasteiger partial charge in [-0.2, -0.15) is 8.42 Å². The van der Waals surface area contributed by atoms with Crippen LogP contribution in [0.3, 0.4) is 0 Å². The van der Waals surface area contributed by atoms with E-state index in [1.807, 2.05) is 37.3 Å². The molecule has 2 aromatic carbocycles. The first-order chi connectivity index (χ1) is 13.8. The highest BCUT2D eigenvalue weighted by atomic mass is 32.2. The lowest BCUT2D eigenvalue weighted by molar-refractivity contribution is 0.139. The maximum atomic E-state index is 10.5. The third-order valence-corrected chi connectivity index (χ3v) is 5.69. The van der Waals surface area contributed by atoms with Gasteiger partial charge in [0.2, 0.25) is 0 Å². The first kappa shape index (κ1) is 25.3. The summed E-state index contributed by atoms with van der Waals surface area (Å²) in [4.78, 5) is -0.0666. The topological polar surface area (TPSA) is 94.8 Å². The molecule has 0 saturated carbocycles. The summed E-state index contributed by atoms with van der Waals surface area (Å²) in [5, 5.41) is 19.4. The minimum Gasteiger partial charge on any atom is -0.396 e. The molecule has 5 nitrogen and oxygen atoms in total. The first-order valence-electron chi connectivity index (χ1n) is 10.2. The highest BCUT2D eigenvalue weighted by molar-refractivity contribution is 7.85. The van der Waals surface area contributed by atoms with Gasteiger partial charge >= 0.3 is 0 Å². The second-order valence-electron chi connectivity index (χ2n) is 7.34. The largest absolute Gasteiger partial charge is 0.396 e. The van der Waals surface area contributed by atoms with E-state index < -0.39 is 16.2 Å². The van der Waals surface area contributed by atoms with E-state index in [0.29, 0.717) is 5.92 Å². The van der Waals surface area contributed by atoms with E-state index in [1.165, 1.54) is 31.4 Å². The zero-order valence-electron chi connectivity index (χ0n) is 17.4. The van der Waals surface area contributed by atoms with Crippen LogP contribution in [0.2, 0.25) is 0 Å². The molecule has 2 aromatic rings. The van der Waals surface area contributed by atoms with E-state index >= 15 is 0 Å². The zero-order chi connectivity index (χ0) is 21.7. The molecule has 0 radical (unpaired) electrons. The van der Waals surface area contributed by atoms with Gasteiger partial charge in [-0.05, 0) is 49.8 Å². The monoisotopic (exact) mass is 422 g/mol. The molecule has 0 fully saturated rings. The lowest BCUT2D eigenvalue weighted by Crippen LogP contribution is -2.08. The molecule has 2 atom stereocenters. The van der Waals surface area contributed by atoms with Crippen LogP contribution in [0.4, 0.5) is 0 Å². The second-order valence-corrected chi connectivity index (χ2v) is 8.76. The summed E-state index contributed by atoms with van der Waals surface area (Å²) in [6.07, 6.45) is 5.95. The van der Waals surface area contributed by atoms with Crippen molar-refractivity contribution in [3.05, 3.63) is 65.7 Å². The van der Waals surface area contributed by atoms with Gasteiger partial charge in [-0.3, -0.25) is 4.55 Å². The summed E-state index contributed by atoms with van der Waals surface area (Å²) in [5.41, 5.74) is 1.93. The minimum atomic E-state index is -4.02. The summed E-state index contributed by atoms with van der Waals surface area (Å²) < 4.78 is 29.6. The molecule has 0 spiro atoms. The molecule has 2 unspecified atom stereocenters. The number of aliphatic hydroxyl groups excluding tert-OH is 2. The maximum absolute atomic E-state index is 10.5. The Hall–Kier alpha value is -1.73. The van der Waals surface area contributed by atoms with Crippen LogP contribution in [0.15, 0.2) is 59.5 Å². The second kappa shape index (κ2) is 13.5. The van der Waals surface area contributed by atoms with Gasteiger partial charge in [0.15, 0.2) is 0 Å². The van der Waals surface area contributed by atoms with Crippen molar-refractivity contribution in [1.82, 2.24) is 0 Å². The third kappa shape index (κ3) is 10.6. The van der Waals surface area contributed by atoms with Crippen molar-refractivity contribution in [1.29, 1.82) is 0 Å². The number of hydrogen-bond acceptors (Lipinski definition) is 4. The molecule has 0 aliphatic carbocycles. The number of aliphatic hydroxyl groups is 2. The van der Waals surface area contributed by atoms with E-state index in [-0.39, 0.29) is 11.5 Å². The molecular formula is C23H34O5S. The van der Waals surface area contributed by atoms with Crippen molar-refractivity contribution < 1.29 is 23.2 Å². The van der Waals surface area contributed by atoms with E-state index in [2.05, 4.69) is 6.92 Å². The van der Waals surface area contributed by atoms with Gasteiger partial charge in [0.05, 0.1) is 11.0 Å². The van der Waals surface area contributed by atoms with Gasteiger partial charge in [0.25, 0.3) is 10.1 Å². The van der Waals surface area contributed by atoms with Crippen LogP contribution in [-0.2, 0) is 10.1 Å². The highest BCUT2D eigenvalue weighted by Gasteiger charge is 2.12. The molecule has 0 aliphatic rings. The number of rotatable bonds is 10. The molecule has 0 amide bonds. The summed E-state index contributed by atoms with van der Waals surface area (Å²) in [5.74, 6) is 0.343. The first-order valence-corrected chi connectivity index (χ1v) is 11.6. The van der Waals surface area contributed by atoms with Crippen molar-refractivity contribution in [3.63, 3.8) is 0 Å².